The highest BCUT2D eigenvalue weighted by Gasteiger charge is 2.17. The molecule has 0 heterocycles. The molecule has 0 saturated carbocycles. The summed E-state index contributed by atoms with van der Waals surface area (Å²) in [6, 6.07) is 16.3. The summed E-state index contributed by atoms with van der Waals surface area (Å²) in [4.78, 5) is 30.0. The molecule has 0 aromatic heterocycles. The fourth-order valence-corrected chi connectivity index (χ4v) is 3.98. The van der Waals surface area contributed by atoms with E-state index in [0.29, 0.717) is 28.4 Å². The smallest absolute Gasteiger partial charge is 0.331 e. The monoisotopic (exact) mass is 456 g/mol. The zero-order valence-electron chi connectivity index (χ0n) is 17.1. The Morgan fingerprint density at radius 1 is 1.06 bits per heavy atom. The molecule has 0 amide bonds. The van der Waals surface area contributed by atoms with Gasteiger partial charge in [0, 0.05) is 29.6 Å². The zero-order chi connectivity index (χ0) is 22.4. The third-order valence-corrected chi connectivity index (χ3v) is 5.76. The Labute approximate surface area is 189 Å². The molecule has 8 heteroatoms. The first-order valence-corrected chi connectivity index (χ1v) is 10.8. The van der Waals surface area contributed by atoms with Crippen LogP contribution in [0.3, 0.4) is 0 Å². The summed E-state index contributed by atoms with van der Waals surface area (Å²) in [5.41, 5.74) is 6.87. The van der Waals surface area contributed by atoms with Gasteiger partial charge in [-0.2, -0.15) is 0 Å². The number of carbonyl (C=O) groups excluding carboxylic acids is 2. The number of hydrogen-bond acceptors (Lipinski definition) is 7. The van der Waals surface area contributed by atoms with Crippen molar-refractivity contribution in [3.63, 3.8) is 0 Å². The Morgan fingerprint density at radius 3 is 2.52 bits per heavy atom. The maximum Gasteiger partial charge on any atom is 0.331 e. The lowest BCUT2D eigenvalue weighted by Crippen LogP contribution is -2.16. The first kappa shape index (κ1) is 22.7. The number of carbonyl (C=O) groups is 2. The predicted molar refractivity (Wildman–Crippen MR) is 125 cm³/mol. The minimum absolute atomic E-state index is 0.164. The number of methoxy groups -OCH3 is 1. The Morgan fingerprint density at radius 2 is 1.81 bits per heavy atom. The lowest BCUT2D eigenvalue weighted by Gasteiger charge is -2.08. The minimum Gasteiger partial charge on any atom is -0.497 e. The number of anilines is 1. The summed E-state index contributed by atoms with van der Waals surface area (Å²) < 4.78 is 5.24. The van der Waals surface area contributed by atoms with E-state index in [2.05, 4.69) is 5.16 Å². The first-order valence-electron chi connectivity index (χ1n) is 9.42. The molecule has 0 saturated heterocycles. The molecule has 0 aliphatic carbocycles. The Balaban J connectivity index is 1.78. The zero-order valence-corrected chi connectivity index (χ0v) is 18.6. The number of halogens is 1. The van der Waals surface area contributed by atoms with E-state index in [1.807, 2.05) is 30.3 Å². The molecule has 6 nitrogen and oxygen atoms in total. The number of ether oxygens (including phenoxy) is 1. The molecule has 0 atom stereocenters. The summed E-state index contributed by atoms with van der Waals surface area (Å²) in [5.74, 6) is 0.393. The molecule has 2 N–H and O–H groups in total. The second kappa shape index (κ2) is 10.3. The Kier molecular flexibility index (Phi) is 7.55. The molecule has 0 aliphatic heterocycles. The number of oxime groups is 1. The second-order valence-corrected chi connectivity index (χ2v) is 8.24. The van der Waals surface area contributed by atoms with Gasteiger partial charge in [-0.05, 0) is 47.2 Å². The molecule has 0 spiro atoms. The van der Waals surface area contributed by atoms with Crippen molar-refractivity contribution < 1.29 is 19.2 Å². The quantitative estimate of drug-likeness (QED) is 0.122. The summed E-state index contributed by atoms with van der Waals surface area (Å²) in [5, 5.41) is 6.12. The topological polar surface area (TPSA) is 91.0 Å². The van der Waals surface area contributed by atoms with E-state index in [-0.39, 0.29) is 11.5 Å². The van der Waals surface area contributed by atoms with Gasteiger partial charge in [-0.15, -0.1) is 11.8 Å². The fraction of sp³-hybridized carbons (Fsp3) is 0.174. The van der Waals surface area contributed by atoms with E-state index in [4.69, 9.17) is 26.9 Å². The fourth-order valence-electron chi connectivity index (χ4n) is 2.84. The van der Waals surface area contributed by atoms with Gasteiger partial charge < -0.3 is 15.3 Å². The third-order valence-electron chi connectivity index (χ3n) is 4.44. The average Bonchev–Trinajstić information content (AvgIpc) is 2.77. The van der Waals surface area contributed by atoms with Crippen molar-refractivity contribution in [3.8, 4) is 5.75 Å². The van der Waals surface area contributed by atoms with Gasteiger partial charge in [0.05, 0.1) is 17.8 Å². The SMILES string of the molecule is COc1ccc2cc(C(=O)/C(CCSc3ccc(N)c(Cl)c3)=N/OC(C)=O)ccc2c1. The van der Waals surface area contributed by atoms with E-state index in [1.165, 1.54) is 18.7 Å². The molecular formula is C23H21ClN2O4S. The van der Waals surface area contributed by atoms with Gasteiger partial charge in [0.25, 0.3) is 0 Å². The molecule has 3 aromatic rings. The molecule has 160 valence electrons. The number of ketones is 1. The number of fused-ring (bicyclic) bond motifs is 1. The second-order valence-electron chi connectivity index (χ2n) is 6.66. The molecule has 0 fully saturated rings. The first-order chi connectivity index (χ1) is 14.9. The maximum atomic E-state index is 13.1. The van der Waals surface area contributed by atoms with E-state index in [9.17, 15) is 9.59 Å². The van der Waals surface area contributed by atoms with E-state index in [0.717, 1.165) is 21.4 Å². The highest BCUT2D eigenvalue weighted by Crippen LogP contribution is 2.27. The van der Waals surface area contributed by atoms with Crippen LogP contribution in [0.15, 0.2) is 64.6 Å². The Bertz CT molecular complexity index is 1160. The lowest BCUT2D eigenvalue weighted by molar-refractivity contribution is -0.140. The van der Waals surface area contributed by atoms with Gasteiger partial charge in [0.15, 0.2) is 0 Å². The van der Waals surface area contributed by atoms with Crippen LogP contribution in [0.5, 0.6) is 5.75 Å². The highest BCUT2D eigenvalue weighted by atomic mass is 35.5. The highest BCUT2D eigenvalue weighted by molar-refractivity contribution is 7.99. The molecule has 0 unspecified atom stereocenters. The number of thioether (sulfide) groups is 1. The van der Waals surface area contributed by atoms with E-state index in [1.54, 1.807) is 31.4 Å². The van der Waals surface area contributed by atoms with Crippen LogP contribution in [0.25, 0.3) is 10.8 Å². The van der Waals surface area contributed by atoms with Crippen molar-refractivity contribution in [2.45, 2.75) is 18.2 Å². The number of rotatable bonds is 8. The van der Waals surface area contributed by atoms with Gasteiger partial charge in [0.2, 0.25) is 5.78 Å². The summed E-state index contributed by atoms with van der Waals surface area (Å²) in [7, 11) is 1.60. The third kappa shape index (κ3) is 5.99. The lowest BCUT2D eigenvalue weighted by atomic mass is 10.0. The molecule has 0 bridgehead atoms. The van der Waals surface area contributed by atoms with Crippen molar-refractivity contribution in [3.05, 3.63) is 65.2 Å². The normalized spacial score (nSPS) is 11.4. The van der Waals surface area contributed by atoms with Gasteiger partial charge in [-0.3, -0.25) is 4.79 Å². The number of nitrogen functional groups attached to an aromatic ring is 1. The summed E-state index contributed by atoms with van der Waals surface area (Å²) in [6.07, 6.45) is 0.305. The molecular weight excluding hydrogens is 436 g/mol. The number of nitrogens with zero attached hydrogens (tertiary/aromatic N) is 1. The van der Waals surface area contributed by atoms with Crippen molar-refractivity contribution in [2.75, 3.05) is 18.6 Å². The minimum atomic E-state index is -0.589. The van der Waals surface area contributed by atoms with Crippen molar-refractivity contribution >= 4 is 57.3 Å². The number of hydrogen-bond donors (Lipinski definition) is 1. The van der Waals surface area contributed by atoms with Crippen LogP contribution in [-0.2, 0) is 9.63 Å². The largest absolute Gasteiger partial charge is 0.497 e. The van der Waals surface area contributed by atoms with Crippen LogP contribution in [0.4, 0.5) is 5.69 Å². The van der Waals surface area contributed by atoms with Crippen LogP contribution in [-0.4, -0.2) is 30.3 Å². The number of Topliss-reactive ketones (excluding diaryl/α,β-unsaturated/α-hetero) is 1. The van der Waals surface area contributed by atoms with Gasteiger partial charge >= 0.3 is 5.97 Å². The van der Waals surface area contributed by atoms with Gasteiger partial charge in [0.1, 0.15) is 11.5 Å². The van der Waals surface area contributed by atoms with Crippen LogP contribution >= 0.6 is 23.4 Å². The van der Waals surface area contributed by atoms with Crippen molar-refractivity contribution in [1.29, 1.82) is 0 Å². The van der Waals surface area contributed by atoms with Crippen LogP contribution in [0, 0.1) is 0 Å². The maximum absolute atomic E-state index is 13.1. The summed E-state index contributed by atoms with van der Waals surface area (Å²) in [6.45, 7) is 1.24. The number of benzene rings is 3. The molecule has 31 heavy (non-hydrogen) atoms. The van der Waals surface area contributed by atoms with Gasteiger partial charge in [-0.25, -0.2) is 4.79 Å². The van der Waals surface area contributed by atoms with E-state index < -0.39 is 5.97 Å². The predicted octanol–water partition coefficient (Wildman–Crippen LogP) is 5.37. The van der Waals surface area contributed by atoms with Crippen molar-refractivity contribution in [1.82, 2.24) is 0 Å². The molecule has 0 aliphatic rings. The van der Waals surface area contributed by atoms with Crippen molar-refractivity contribution in [2.24, 2.45) is 5.16 Å². The van der Waals surface area contributed by atoms with Gasteiger partial charge in [-0.1, -0.05) is 35.0 Å². The molecule has 3 rings (SSSR count). The van der Waals surface area contributed by atoms with Crippen LogP contribution in [0.2, 0.25) is 5.02 Å². The summed E-state index contributed by atoms with van der Waals surface area (Å²) >= 11 is 7.55. The van der Waals surface area contributed by atoms with E-state index >= 15 is 0 Å². The van der Waals surface area contributed by atoms with Crippen LogP contribution < -0.4 is 10.5 Å². The average molecular weight is 457 g/mol. The standard InChI is InChI=1S/C23H21ClN2O4S/c1-14(27)30-26-22(9-10-31-19-7-8-21(25)20(24)13-19)23(28)17-4-3-16-12-18(29-2)6-5-15(16)11-17/h3-8,11-13H,9-10,25H2,1-2H3/b26-22+. The van der Waals surface area contributed by atoms with Crippen LogP contribution in [0.1, 0.15) is 23.7 Å². The molecule has 3 aromatic carbocycles. The Hall–Kier alpha value is -3.03. The molecule has 0 radical (unpaired) electrons. The number of nitrogens with two attached hydrogens (primary N) is 1.